The van der Waals surface area contributed by atoms with Gasteiger partial charge in [0.15, 0.2) is 11.5 Å². The fraction of sp³-hybridized carbons (Fsp3) is 0.350. The van der Waals surface area contributed by atoms with Gasteiger partial charge in [-0.05, 0) is 41.7 Å². The van der Waals surface area contributed by atoms with Crippen LogP contribution in [0.25, 0.3) is 0 Å². The predicted octanol–water partition coefficient (Wildman–Crippen LogP) is 4.10. The number of rotatable bonds is 5. The first-order chi connectivity index (χ1) is 11.6. The first-order valence-electron chi connectivity index (χ1n) is 8.38. The first-order valence-corrected chi connectivity index (χ1v) is 8.38. The normalized spacial score (nSPS) is 13.8. The zero-order chi connectivity index (χ0) is 17.1. The number of hydrogen-bond acceptors (Lipinski definition) is 3. The lowest BCUT2D eigenvalue weighted by atomic mass is 9.94. The van der Waals surface area contributed by atoms with Crippen LogP contribution in [0.15, 0.2) is 42.5 Å². The summed E-state index contributed by atoms with van der Waals surface area (Å²) in [5.74, 6) is 1.49. The van der Waals surface area contributed by atoms with Crippen LogP contribution in [0.1, 0.15) is 48.3 Å². The standard InChI is InChI=1S/C20H23NO3/c1-4-14-5-7-15(8-6-14)19(13(2)3)21-20(22)16-9-10-17-18(11-16)24-12-23-17/h5-11,13,19H,4,12H2,1-3H3,(H,21,22). The summed E-state index contributed by atoms with van der Waals surface area (Å²) in [5.41, 5.74) is 3.00. The van der Waals surface area contributed by atoms with Crippen LogP contribution >= 0.6 is 0 Å². The quantitative estimate of drug-likeness (QED) is 0.900. The second kappa shape index (κ2) is 6.95. The average molecular weight is 325 g/mol. The molecule has 0 fully saturated rings. The third-order valence-electron chi connectivity index (χ3n) is 4.34. The highest BCUT2D eigenvalue weighted by atomic mass is 16.7. The summed E-state index contributed by atoms with van der Waals surface area (Å²) in [6.45, 7) is 6.56. The van der Waals surface area contributed by atoms with E-state index in [1.807, 2.05) is 0 Å². The van der Waals surface area contributed by atoms with Crippen molar-refractivity contribution in [3.63, 3.8) is 0 Å². The van der Waals surface area contributed by atoms with Crippen LogP contribution in [-0.2, 0) is 6.42 Å². The molecule has 0 radical (unpaired) electrons. The Labute approximate surface area is 142 Å². The van der Waals surface area contributed by atoms with Gasteiger partial charge in [-0.1, -0.05) is 45.0 Å². The van der Waals surface area contributed by atoms with Gasteiger partial charge in [0, 0.05) is 5.56 Å². The second-order valence-corrected chi connectivity index (χ2v) is 6.36. The highest BCUT2D eigenvalue weighted by molar-refractivity contribution is 5.95. The van der Waals surface area contributed by atoms with Gasteiger partial charge in [0.1, 0.15) is 0 Å². The number of hydrogen-bond donors (Lipinski definition) is 1. The van der Waals surface area contributed by atoms with Crippen molar-refractivity contribution in [3.05, 3.63) is 59.2 Å². The van der Waals surface area contributed by atoms with Gasteiger partial charge in [-0.15, -0.1) is 0 Å². The van der Waals surface area contributed by atoms with Crippen molar-refractivity contribution in [1.29, 1.82) is 0 Å². The number of ether oxygens (including phenoxy) is 2. The Morgan fingerprint density at radius 2 is 1.79 bits per heavy atom. The van der Waals surface area contributed by atoms with Crippen LogP contribution in [0.3, 0.4) is 0 Å². The molecule has 0 aliphatic carbocycles. The number of aryl methyl sites for hydroxylation is 1. The van der Waals surface area contributed by atoms with E-state index in [2.05, 4.69) is 50.4 Å². The molecule has 0 saturated carbocycles. The molecule has 1 unspecified atom stereocenters. The molecule has 1 N–H and O–H groups in total. The summed E-state index contributed by atoms with van der Waals surface area (Å²) in [6.07, 6.45) is 1.01. The summed E-state index contributed by atoms with van der Waals surface area (Å²) < 4.78 is 10.6. The van der Waals surface area contributed by atoms with Gasteiger partial charge >= 0.3 is 0 Å². The first kappa shape index (κ1) is 16.4. The lowest BCUT2D eigenvalue weighted by Crippen LogP contribution is -2.31. The molecule has 1 aliphatic heterocycles. The Kier molecular flexibility index (Phi) is 4.74. The molecule has 0 bridgehead atoms. The maximum Gasteiger partial charge on any atom is 0.251 e. The Balaban J connectivity index is 1.78. The van der Waals surface area contributed by atoms with E-state index in [0.717, 1.165) is 12.0 Å². The highest BCUT2D eigenvalue weighted by Gasteiger charge is 2.21. The van der Waals surface area contributed by atoms with E-state index in [4.69, 9.17) is 9.47 Å². The fourth-order valence-corrected chi connectivity index (χ4v) is 2.86. The van der Waals surface area contributed by atoms with E-state index >= 15 is 0 Å². The number of carbonyl (C=O) groups excluding carboxylic acids is 1. The topological polar surface area (TPSA) is 47.6 Å². The number of fused-ring (bicyclic) bond motifs is 1. The van der Waals surface area contributed by atoms with Gasteiger partial charge in [-0.2, -0.15) is 0 Å². The summed E-state index contributed by atoms with van der Waals surface area (Å²) in [7, 11) is 0. The lowest BCUT2D eigenvalue weighted by molar-refractivity contribution is 0.0925. The van der Waals surface area contributed by atoms with E-state index in [1.54, 1.807) is 18.2 Å². The molecular weight excluding hydrogens is 302 g/mol. The maximum atomic E-state index is 12.6. The van der Waals surface area contributed by atoms with Crippen molar-refractivity contribution in [2.45, 2.75) is 33.2 Å². The van der Waals surface area contributed by atoms with E-state index in [0.29, 0.717) is 17.1 Å². The SMILES string of the molecule is CCc1ccc(C(NC(=O)c2ccc3c(c2)OCO3)C(C)C)cc1. The molecule has 4 nitrogen and oxygen atoms in total. The molecule has 2 aromatic rings. The van der Waals surface area contributed by atoms with Crippen molar-refractivity contribution < 1.29 is 14.3 Å². The molecule has 1 aliphatic rings. The summed E-state index contributed by atoms with van der Waals surface area (Å²) in [5, 5.41) is 3.14. The van der Waals surface area contributed by atoms with Crippen LogP contribution in [-0.4, -0.2) is 12.7 Å². The third kappa shape index (κ3) is 3.37. The Morgan fingerprint density at radius 1 is 1.08 bits per heavy atom. The largest absolute Gasteiger partial charge is 0.454 e. The second-order valence-electron chi connectivity index (χ2n) is 6.36. The van der Waals surface area contributed by atoms with Crippen molar-refractivity contribution in [1.82, 2.24) is 5.32 Å². The Bertz CT molecular complexity index is 722. The summed E-state index contributed by atoms with van der Waals surface area (Å²) in [6, 6.07) is 13.7. The molecule has 0 spiro atoms. The molecule has 1 atom stereocenters. The van der Waals surface area contributed by atoms with Gasteiger partial charge in [-0.3, -0.25) is 4.79 Å². The molecule has 1 amide bonds. The molecule has 0 saturated heterocycles. The van der Waals surface area contributed by atoms with E-state index in [1.165, 1.54) is 5.56 Å². The summed E-state index contributed by atoms with van der Waals surface area (Å²) >= 11 is 0. The van der Waals surface area contributed by atoms with Crippen molar-refractivity contribution in [2.75, 3.05) is 6.79 Å². The monoisotopic (exact) mass is 325 g/mol. The highest BCUT2D eigenvalue weighted by Crippen LogP contribution is 2.32. The maximum absolute atomic E-state index is 12.6. The zero-order valence-corrected chi connectivity index (χ0v) is 14.3. The van der Waals surface area contributed by atoms with Gasteiger partial charge in [-0.25, -0.2) is 0 Å². The third-order valence-corrected chi connectivity index (χ3v) is 4.34. The molecule has 24 heavy (non-hydrogen) atoms. The van der Waals surface area contributed by atoms with E-state index < -0.39 is 0 Å². The predicted molar refractivity (Wildman–Crippen MR) is 93.4 cm³/mol. The molecule has 0 aromatic heterocycles. The van der Waals surface area contributed by atoms with E-state index in [-0.39, 0.29) is 24.7 Å². The van der Waals surface area contributed by atoms with Crippen LogP contribution < -0.4 is 14.8 Å². The van der Waals surface area contributed by atoms with Crippen LogP contribution in [0.4, 0.5) is 0 Å². The van der Waals surface area contributed by atoms with Crippen molar-refractivity contribution in [3.8, 4) is 11.5 Å². The minimum Gasteiger partial charge on any atom is -0.454 e. The van der Waals surface area contributed by atoms with Gasteiger partial charge < -0.3 is 14.8 Å². The number of benzene rings is 2. The van der Waals surface area contributed by atoms with Gasteiger partial charge in [0.25, 0.3) is 5.91 Å². The number of nitrogens with one attached hydrogen (secondary N) is 1. The Morgan fingerprint density at radius 3 is 2.46 bits per heavy atom. The van der Waals surface area contributed by atoms with Gasteiger partial charge in [0.05, 0.1) is 6.04 Å². The smallest absolute Gasteiger partial charge is 0.251 e. The number of amides is 1. The van der Waals surface area contributed by atoms with Crippen molar-refractivity contribution >= 4 is 5.91 Å². The molecule has 3 rings (SSSR count). The summed E-state index contributed by atoms with van der Waals surface area (Å²) in [4.78, 5) is 12.6. The molecule has 4 heteroatoms. The van der Waals surface area contributed by atoms with Crippen LogP contribution in [0, 0.1) is 5.92 Å². The number of carbonyl (C=O) groups is 1. The van der Waals surface area contributed by atoms with E-state index in [9.17, 15) is 4.79 Å². The fourth-order valence-electron chi connectivity index (χ4n) is 2.86. The molecule has 1 heterocycles. The van der Waals surface area contributed by atoms with Gasteiger partial charge in [0.2, 0.25) is 6.79 Å². The molecule has 126 valence electrons. The lowest BCUT2D eigenvalue weighted by Gasteiger charge is -2.23. The minimum atomic E-state index is -0.105. The average Bonchev–Trinajstić information content (AvgIpc) is 3.07. The Hall–Kier alpha value is -2.49. The van der Waals surface area contributed by atoms with Crippen molar-refractivity contribution in [2.24, 2.45) is 5.92 Å². The van der Waals surface area contributed by atoms with Crippen LogP contribution in [0.5, 0.6) is 11.5 Å². The van der Waals surface area contributed by atoms with Crippen LogP contribution in [0.2, 0.25) is 0 Å². The zero-order valence-electron chi connectivity index (χ0n) is 14.3. The minimum absolute atomic E-state index is 0.0335. The molecule has 2 aromatic carbocycles. The molecular formula is C20H23NO3.